The third kappa shape index (κ3) is 576. The summed E-state index contributed by atoms with van der Waals surface area (Å²) >= 11 is 0. The Kier molecular flexibility index (Phi) is 1150. The molecule has 0 aliphatic heterocycles. The van der Waals surface area contributed by atoms with Crippen LogP contribution >= 0.6 is 0 Å². The predicted octanol–water partition coefficient (Wildman–Crippen LogP) is 8.28. The van der Waals surface area contributed by atoms with Crippen LogP contribution < -0.4 is 0 Å². The molecule has 0 aromatic heterocycles. The second-order valence-electron chi connectivity index (χ2n) is 1.51. The molecule has 0 N–H and O–H groups in total. The summed E-state index contributed by atoms with van der Waals surface area (Å²) in [6.45, 7) is 31.2. The van der Waals surface area contributed by atoms with E-state index >= 15 is 0 Å². The summed E-state index contributed by atoms with van der Waals surface area (Å²) in [6.07, 6.45) is 7.30. The first kappa shape index (κ1) is 66.2. The molecule has 0 bridgehead atoms. The fourth-order valence-electron chi connectivity index (χ4n) is 0.407. The van der Waals surface area contributed by atoms with E-state index in [-0.39, 0.29) is 29.7 Å². The standard InChI is InChI=1S/C7H12.4C2H4.4CH4/c1-3-5-7-6-4-2;4*1-2;;;;/h3-4H,1-2,5-7H2;4*1-2H2;4*1H4. The van der Waals surface area contributed by atoms with Crippen molar-refractivity contribution in [3.63, 3.8) is 0 Å². The van der Waals surface area contributed by atoms with Gasteiger partial charge in [0.1, 0.15) is 0 Å². The van der Waals surface area contributed by atoms with Crippen LogP contribution in [0.2, 0.25) is 0 Å². The number of allylic oxidation sites excluding steroid dienone is 2. The Morgan fingerprint density at radius 3 is 0.737 bits per heavy atom. The minimum absolute atomic E-state index is 0. The molecule has 0 radical (unpaired) electrons. The molecule has 19 heavy (non-hydrogen) atoms. The Morgan fingerprint density at radius 2 is 0.632 bits per heavy atom. The van der Waals surface area contributed by atoms with Crippen LogP contribution in [0, 0.1) is 0 Å². The molecular weight excluding hydrogens is 228 g/mol. The summed E-state index contributed by atoms with van der Waals surface area (Å²) in [7, 11) is 0. The number of hydrogen-bond acceptors (Lipinski definition) is 0. The van der Waals surface area contributed by atoms with Gasteiger partial charge in [-0.25, -0.2) is 0 Å². The summed E-state index contributed by atoms with van der Waals surface area (Å²) in [5.41, 5.74) is 0. The Bertz CT molecular complexity index is 76.2. The zero-order chi connectivity index (χ0) is 13.5. The van der Waals surface area contributed by atoms with Crippen molar-refractivity contribution >= 4 is 0 Å². The predicted molar refractivity (Wildman–Crippen MR) is 106 cm³/mol. The van der Waals surface area contributed by atoms with E-state index in [0.29, 0.717) is 0 Å². The lowest BCUT2D eigenvalue weighted by Gasteiger charge is -1.84. The molecule has 0 saturated heterocycles. The maximum atomic E-state index is 3.60. The third-order valence-corrected chi connectivity index (χ3v) is 0.816. The van der Waals surface area contributed by atoms with Gasteiger partial charge < -0.3 is 0 Å². The molecular formula is C19H44. The number of hydrogen-bond donors (Lipinski definition) is 0. The van der Waals surface area contributed by atoms with E-state index in [0.717, 1.165) is 12.8 Å². The van der Waals surface area contributed by atoms with Crippen molar-refractivity contribution < 1.29 is 0 Å². The molecule has 0 heteroatoms. The second kappa shape index (κ2) is 331. The lowest BCUT2D eigenvalue weighted by atomic mass is 10.2. The van der Waals surface area contributed by atoms with Crippen molar-refractivity contribution in [2.75, 3.05) is 0 Å². The molecule has 0 atom stereocenters. The lowest BCUT2D eigenvalue weighted by molar-refractivity contribution is 0.871. The first-order valence-corrected chi connectivity index (χ1v) is 4.63. The summed E-state index contributed by atoms with van der Waals surface area (Å²) in [5.74, 6) is 0. The van der Waals surface area contributed by atoms with Gasteiger partial charge in [0, 0.05) is 0 Å². The smallest absolute Gasteiger partial charge is 0.0350 e. The van der Waals surface area contributed by atoms with E-state index in [1.165, 1.54) is 6.42 Å². The minimum Gasteiger partial charge on any atom is -0.106 e. The fraction of sp³-hybridized carbons (Fsp3) is 0.368. The maximum Gasteiger partial charge on any atom is -0.0350 e. The van der Waals surface area contributed by atoms with Crippen LogP contribution in [0.5, 0.6) is 0 Å². The molecule has 0 aliphatic rings. The van der Waals surface area contributed by atoms with Gasteiger partial charge in [-0.3, -0.25) is 0 Å². The average molecular weight is 273 g/mol. The molecule has 0 saturated carbocycles. The summed E-state index contributed by atoms with van der Waals surface area (Å²) in [6, 6.07) is 0. The van der Waals surface area contributed by atoms with Gasteiger partial charge in [-0.05, 0) is 19.3 Å². The van der Waals surface area contributed by atoms with Gasteiger partial charge >= 0.3 is 0 Å². The van der Waals surface area contributed by atoms with Crippen LogP contribution in [0.15, 0.2) is 77.9 Å². The zero-order valence-electron chi connectivity index (χ0n) is 10.3. The molecule has 0 unspecified atom stereocenters. The van der Waals surface area contributed by atoms with Crippen LogP contribution in [-0.4, -0.2) is 0 Å². The monoisotopic (exact) mass is 272 g/mol. The highest BCUT2D eigenvalue weighted by Crippen LogP contribution is 1.93. The SMILES string of the molecule is C.C.C.C.C=C.C=C.C=C.C=C.C=CCCCC=C. The van der Waals surface area contributed by atoms with E-state index in [1.54, 1.807) is 0 Å². The van der Waals surface area contributed by atoms with Crippen molar-refractivity contribution in [3.05, 3.63) is 77.9 Å². The molecule has 0 spiro atoms. The van der Waals surface area contributed by atoms with Gasteiger partial charge in [-0.15, -0.1) is 65.8 Å². The maximum absolute atomic E-state index is 3.60. The van der Waals surface area contributed by atoms with E-state index < -0.39 is 0 Å². The molecule has 0 amide bonds. The minimum atomic E-state index is 0. The van der Waals surface area contributed by atoms with Gasteiger partial charge in [0.25, 0.3) is 0 Å². The highest BCUT2D eigenvalue weighted by Gasteiger charge is 1.74. The Hall–Kier alpha value is -1.56. The van der Waals surface area contributed by atoms with Crippen LogP contribution in [0.3, 0.4) is 0 Å². The lowest BCUT2D eigenvalue weighted by Crippen LogP contribution is -1.64. The molecule has 0 nitrogen and oxygen atoms in total. The summed E-state index contributed by atoms with van der Waals surface area (Å²) in [4.78, 5) is 0. The van der Waals surface area contributed by atoms with Gasteiger partial charge in [0.2, 0.25) is 0 Å². The summed E-state index contributed by atoms with van der Waals surface area (Å²) in [5, 5.41) is 0. The Labute approximate surface area is 127 Å². The topological polar surface area (TPSA) is 0 Å². The van der Waals surface area contributed by atoms with E-state index in [9.17, 15) is 0 Å². The van der Waals surface area contributed by atoms with Crippen molar-refractivity contribution in [1.29, 1.82) is 0 Å². The normalized spacial score (nSPS) is 3.79. The molecule has 0 rings (SSSR count). The van der Waals surface area contributed by atoms with Gasteiger partial charge in [-0.1, -0.05) is 41.9 Å². The highest BCUT2D eigenvalue weighted by molar-refractivity contribution is 4.71. The summed E-state index contributed by atoms with van der Waals surface area (Å²) < 4.78 is 0. The highest BCUT2D eigenvalue weighted by atomic mass is 13.8. The average Bonchev–Trinajstić information content (AvgIpc) is 2.40. The molecule has 0 aliphatic carbocycles. The molecule has 0 heterocycles. The second-order valence-corrected chi connectivity index (χ2v) is 1.51. The van der Waals surface area contributed by atoms with E-state index in [4.69, 9.17) is 0 Å². The number of rotatable bonds is 4. The first-order chi connectivity index (χ1) is 7.41. The quantitative estimate of drug-likeness (QED) is 0.357. The largest absolute Gasteiger partial charge is 0.106 e. The van der Waals surface area contributed by atoms with Gasteiger partial charge in [0.15, 0.2) is 0 Å². The van der Waals surface area contributed by atoms with Crippen LogP contribution in [-0.2, 0) is 0 Å². The van der Waals surface area contributed by atoms with Crippen LogP contribution in [0.25, 0.3) is 0 Å². The molecule has 0 aromatic rings. The van der Waals surface area contributed by atoms with E-state index in [1.807, 2.05) is 12.2 Å². The first-order valence-electron chi connectivity index (χ1n) is 4.63. The van der Waals surface area contributed by atoms with Crippen LogP contribution in [0.4, 0.5) is 0 Å². The van der Waals surface area contributed by atoms with Gasteiger partial charge in [-0.2, -0.15) is 0 Å². The molecule has 120 valence electrons. The van der Waals surface area contributed by atoms with Crippen molar-refractivity contribution in [2.24, 2.45) is 0 Å². The zero-order valence-corrected chi connectivity index (χ0v) is 10.3. The van der Waals surface area contributed by atoms with Crippen molar-refractivity contribution in [2.45, 2.75) is 49.0 Å². The fourth-order valence-corrected chi connectivity index (χ4v) is 0.407. The molecule has 0 fully saturated rings. The van der Waals surface area contributed by atoms with E-state index in [2.05, 4.69) is 65.8 Å². The van der Waals surface area contributed by atoms with Crippen molar-refractivity contribution in [1.82, 2.24) is 0 Å². The molecule has 0 aromatic carbocycles. The van der Waals surface area contributed by atoms with Gasteiger partial charge in [0.05, 0.1) is 0 Å². The van der Waals surface area contributed by atoms with Crippen molar-refractivity contribution in [3.8, 4) is 0 Å². The third-order valence-electron chi connectivity index (χ3n) is 0.816. The number of unbranched alkanes of at least 4 members (excludes halogenated alkanes) is 2. The van der Waals surface area contributed by atoms with Crippen LogP contribution in [0.1, 0.15) is 49.0 Å². The Balaban J connectivity index is -0.0000000105. The Morgan fingerprint density at radius 1 is 0.474 bits per heavy atom.